The Bertz CT molecular complexity index is 678. The van der Waals surface area contributed by atoms with Crippen LogP contribution >= 0.6 is 24.0 Å². The van der Waals surface area contributed by atoms with Gasteiger partial charge in [-0.3, -0.25) is 9.89 Å². The van der Waals surface area contributed by atoms with Gasteiger partial charge < -0.3 is 24.6 Å². The molecule has 1 N–H and O–H groups in total. The number of hydrogen-bond donors (Lipinski definition) is 1. The van der Waals surface area contributed by atoms with Crippen LogP contribution in [0.5, 0.6) is 11.5 Å². The van der Waals surface area contributed by atoms with Crippen molar-refractivity contribution in [1.29, 1.82) is 0 Å². The fourth-order valence-electron chi connectivity index (χ4n) is 3.71. The molecule has 0 amide bonds. The molecule has 32 heavy (non-hydrogen) atoms. The van der Waals surface area contributed by atoms with Crippen LogP contribution in [0.4, 0.5) is 0 Å². The van der Waals surface area contributed by atoms with Crippen molar-refractivity contribution in [2.24, 2.45) is 4.99 Å². The molecule has 1 aromatic rings. The van der Waals surface area contributed by atoms with E-state index in [4.69, 9.17) is 14.5 Å². The summed E-state index contributed by atoms with van der Waals surface area (Å²) in [5, 5.41) is 3.48. The summed E-state index contributed by atoms with van der Waals surface area (Å²) in [7, 11) is 5.62. The average Bonchev–Trinajstić information content (AvgIpc) is 2.78. The minimum absolute atomic E-state index is 0. The molecule has 0 unspecified atom stereocenters. The lowest BCUT2D eigenvalue weighted by Gasteiger charge is -2.36. The molecule has 1 saturated heterocycles. The van der Waals surface area contributed by atoms with Crippen LogP contribution in [0, 0.1) is 0 Å². The van der Waals surface area contributed by atoms with E-state index >= 15 is 0 Å². The predicted molar refractivity (Wildman–Crippen MR) is 145 cm³/mol. The Morgan fingerprint density at radius 1 is 1.12 bits per heavy atom. The summed E-state index contributed by atoms with van der Waals surface area (Å²) in [5.41, 5.74) is 1.17. The van der Waals surface area contributed by atoms with Gasteiger partial charge in [-0.25, -0.2) is 0 Å². The van der Waals surface area contributed by atoms with Crippen molar-refractivity contribution in [1.82, 2.24) is 20.0 Å². The third kappa shape index (κ3) is 9.31. The van der Waals surface area contributed by atoms with Crippen molar-refractivity contribution in [3.05, 3.63) is 23.8 Å². The van der Waals surface area contributed by atoms with Crippen molar-refractivity contribution in [3.8, 4) is 11.5 Å². The molecule has 0 bridgehead atoms. The van der Waals surface area contributed by atoms with Gasteiger partial charge in [-0.05, 0) is 65.4 Å². The third-order valence-electron chi connectivity index (χ3n) is 5.95. The van der Waals surface area contributed by atoms with E-state index in [2.05, 4.69) is 53.9 Å². The first-order chi connectivity index (χ1) is 15.0. The van der Waals surface area contributed by atoms with E-state index in [1.54, 1.807) is 14.2 Å². The van der Waals surface area contributed by atoms with Gasteiger partial charge in [0.15, 0.2) is 5.96 Å². The van der Waals surface area contributed by atoms with Crippen molar-refractivity contribution in [3.63, 3.8) is 0 Å². The van der Waals surface area contributed by atoms with Gasteiger partial charge in [0, 0.05) is 57.4 Å². The highest BCUT2D eigenvalue weighted by atomic mass is 127. The molecule has 1 fully saturated rings. The zero-order valence-corrected chi connectivity index (χ0v) is 23.2. The summed E-state index contributed by atoms with van der Waals surface area (Å²) in [5.74, 6) is 2.84. The number of nitrogens with zero attached hydrogens (tertiary/aromatic N) is 4. The Morgan fingerprint density at radius 2 is 1.84 bits per heavy atom. The predicted octanol–water partition coefficient (Wildman–Crippen LogP) is 3.53. The number of ether oxygens (including phenoxy) is 2. The van der Waals surface area contributed by atoms with Crippen molar-refractivity contribution >= 4 is 29.9 Å². The van der Waals surface area contributed by atoms with E-state index in [0.29, 0.717) is 6.04 Å². The van der Waals surface area contributed by atoms with Crippen molar-refractivity contribution < 1.29 is 9.47 Å². The zero-order valence-electron chi connectivity index (χ0n) is 20.9. The summed E-state index contributed by atoms with van der Waals surface area (Å²) >= 11 is 0. The first kappa shape index (κ1) is 28.8. The maximum absolute atomic E-state index is 5.54. The van der Waals surface area contributed by atoms with Crippen molar-refractivity contribution in [2.45, 2.75) is 46.2 Å². The molecule has 0 radical (unpaired) electrons. The van der Waals surface area contributed by atoms with Crippen LogP contribution in [-0.4, -0.2) is 93.8 Å². The number of benzene rings is 1. The largest absolute Gasteiger partial charge is 0.497 e. The Hall–Kier alpha value is -1.26. The maximum Gasteiger partial charge on any atom is 0.194 e. The van der Waals surface area contributed by atoms with Crippen LogP contribution in [0.15, 0.2) is 23.2 Å². The fraction of sp³-hybridized carbons (Fsp3) is 0.708. The van der Waals surface area contributed by atoms with E-state index in [1.807, 2.05) is 12.1 Å². The Morgan fingerprint density at radius 3 is 2.44 bits per heavy atom. The third-order valence-corrected chi connectivity index (χ3v) is 5.95. The summed E-state index contributed by atoms with van der Waals surface area (Å²) in [6.45, 7) is 14.4. The lowest BCUT2D eigenvalue weighted by molar-refractivity contribution is 0.171. The van der Waals surface area contributed by atoms with E-state index in [0.717, 1.165) is 76.2 Å². The molecule has 7 nitrogen and oxygen atoms in total. The summed E-state index contributed by atoms with van der Waals surface area (Å²) in [6.07, 6.45) is 2.31. The summed E-state index contributed by atoms with van der Waals surface area (Å²) in [6, 6.07) is 6.61. The molecule has 0 aliphatic carbocycles. The maximum atomic E-state index is 5.54. The van der Waals surface area contributed by atoms with E-state index in [1.165, 1.54) is 12.0 Å². The second-order valence-corrected chi connectivity index (χ2v) is 8.46. The molecule has 184 valence electrons. The molecule has 0 atom stereocenters. The zero-order chi connectivity index (χ0) is 22.6. The van der Waals surface area contributed by atoms with Crippen LogP contribution in [0.2, 0.25) is 0 Å². The van der Waals surface area contributed by atoms with Gasteiger partial charge in [-0.1, -0.05) is 0 Å². The molecule has 1 aliphatic rings. The Balaban J connectivity index is 0.00000512. The first-order valence-electron chi connectivity index (χ1n) is 11.6. The number of rotatable bonds is 11. The number of aliphatic imine (C=N–C) groups is 1. The molecule has 1 aromatic carbocycles. The standard InChI is InChI=1S/C24H43N5O2.HI/c1-7-25-24(26-12-8-9-13-27(4)20(2)3)29-16-14-28(15-17-29)19-21-18-22(30-5)10-11-23(21)31-6;/h10-11,18,20H,7-9,12-17,19H2,1-6H3,(H,25,26);1H. The van der Waals surface area contributed by atoms with Crippen LogP contribution in [0.1, 0.15) is 39.2 Å². The summed E-state index contributed by atoms with van der Waals surface area (Å²) < 4.78 is 10.9. The van der Waals surface area contributed by atoms with E-state index in [-0.39, 0.29) is 24.0 Å². The van der Waals surface area contributed by atoms with Crippen LogP contribution in [0.3, 0.4) is 0 Å². The molecule has 0 saturated carbocycles. The number of piperazine rings is 1. The molecule has 0 aromatic heterocycles. The number of guanidine groups is 1. The topological polar surface area (TPSA) is 52.6 Å². The molecule has 2 rings (SSSR count). The minimum Gasteiger partial charge on any atom is -0.497 e. The number of halogens is 1. The lowest BCUT2D eigenvalue weighted by atomic mass is 10.1. The normalized spacial score (nSPS) is 15.1. The van der Waals surface area contributed by atoms with Gasteiger partial charge in [0.05, 0.1) is 14.2 Å². The highest BCUT2D eigenvalue weighted by Crippen LogP contribution is 2.25. The fourth-order valence-corrected chi connectivity index (χ4v) is 3.71. The van der Waals surface area contributed by atoms with Gasteiger partial charge in [0.25, 0.3) is 0 Å². The van der Waals surface area contributed by atoms with Gasteiger partial charge in [-0.15, -0.1) is 24.0 Å². The lowest BCUT2D eigenvalue weighted by Crippen LogP contribution is -2.52. The quantitative estimate of drug-likeness (QED) is 0.193. The number of hydrogen-bond acceptors (Lipinski definition) is 5. The molecular weight excluding hydrogens is 517 g/mol. The highest BCUT2D eigenvalue weighted by Gasteiger charge is 2.20. The molecule has 1 aliphatic heterocycles. The number of methoxy groups -OCH3 is 2. The molecule has 8 heteroatoms. The van der Waals surface area contributed by atoms with Crippen LogP contribution in [0.25, 0.3) is 0 Å². The van der Waals surface area contributed by atoms with Gasteiger partial charge in [0.2, 0.25) is 0 Å². The molecular formula is C24H44IN5O2. The van der Waals surface area contributed by atoms with Gasteiger partial charge in [0.1, 0.15) is 11.5 Å². The molecule has 0 spiro atoms. The first-order valence-corrected chi connectivity index (χ1v) is 11.6. The highest BCUT2D eigenvalue weighted by molar-refractivity contribution is 14.0. The second-order valence-electron chi connectivity index (χ2n) is 8.46. The number of unbranched alkanes of at least 4 members (excludes halogenated alkanes) is 1. The van der Waals surface area contributed by atoms with Crippen LogP contribution < -0.4 is 14.8 Å². The number of nitrogens with one attached hydrogen (secondary N) is 1. The average molecular weight is 562 g/mol. The van der Waals surface area contributed by atoms with Crippen LogP contribution in [-0.2, 0) is 6.54 Å². The van der Waals surface area contributed by atoms with Gasteiger partial charge >= 0.3 is 0 Å². The smallest absolute Gasteiger partial charge is 0.194 e. The van der Waals surface area contributed by atoms with E-state index < -0.39 is 0 Å². The van der Waals surface area contributed by atoms with E-state index in [9.17, 15) is 0 Å². The Labute approximate surface area is 212 Å². The minimum atomic E-state index is 0. The monoisotopic (exact) mass is 561 g/mol. The summed E-state index contributed by atoms with van der Waals surface area (Å²) in [4.78, 5) is 12.2. The van der Waals surface area contributed by atoms with Crippen molar-refractivity contribution in [2.75, 3.05) is 67.1 Å². The SMILES string of the molecule is CCNC(=NCCCCN(C)C(C)C)N1CCN(Cc2cc(OC)ccc2OC)CC1.I. The second kappa shape index (κ2) is 15.6. The molecule has 1 heterocycles. The van der Waals surface area contributed by atoms with Gasteiger partial charge in [-0.2, -0.15) is 0 Å². The Kier molecular flexibility index (Phi) is 14.0.